The minimum absolute atomic E-state index is 0.115. The zero-order chi connectivity index (χ0) is 14.7. The highest BCUT2D eigenvalue weighted by atomic mass is 16.5. The molecule has 0 bridgehead atoms. The van der Waals surface area contributed by atoms with Gasteiger partial charge in [0.1, 0.15) is 5.78 Å². The molecule has 19 heavy (non-hydrogen) atoms. The minimum atomic E-state index is -0.184. The molecule has 1 aliphatic rings. The molecular formula is C14H26O5. The van der Waals surface area contributed by atoms with Gasteiger partial charge in [-0.2, -0.15) is 0 Å². The molecule has 2 N–H and O–H groups in total. The maximum absolute atomic E-state index is 11.6. The van der Waals surface area contributed by atoms with E-state index in [0.29, 0.717) is 18.6 Å². The van der Waals surface area contributed by atoms with Crippen LogP contribution in [0.2, 0.25) is 0 Å². The van der Waals surface area contributed by atoms with Crippen molar-refractivity contribution < 1.29 is 24.5 Å². The monoisotopic (exact) mass is 274 g/mol. The minimum Gasteiger partial charge on any atom is -0.469 e. The Morgan fingerprint density at radius 3 is 2.47 bits per heavy atom. The Hall–Kier alpha value is -0.940. The number of unbranched alkanes of at least 4 members (excludes halogenated alkanes) is 1. The summed E-state index contributed by atoms with van der Waals surface area (Å²) in [6, 6.07) is 0. The van der Waals surface area contributed by atoms with Crippen LogP contribution in [0.25, 0.3) is 0 Å². The number of carbonyl (C=O) groups is 2. The molecule has 5 nitrogen and oxygen atoms in total. The van der Waals surface area contributed by atoms with Crippen molar-refractivity contribution in [3.63, 3.8) is 0 Å². The van der Waals surface area contributed by atoms with E-state index in [1.807, 2.05) is 0 Å². The number of esters is 1. The van der Waals surface area contributed by atoms with Crippen LogP contribution in [0.3, 0.4) is 0 Å². The molecule has 0 aromatic carbocycles. The van der Waals surface area contributed by atoms with Crippen molar-refractivity contribution in [3.8, 4) is 0 Å². The van der Waals surface area contributed by atoms with Gasteiger partial charge in [-0.15, -0.1) is 0 Å². The highest BCUT2D eigenvalue weighted by Gasteiger charge is 2.35. The number of hydrogen-bond donors (Lipinski definition) is 2. The average Bonchev–Trinajstić information content (AvgIpc) is 2.77. The van der Waals surface area contributed by atoms with Gasteiger partial charge < -0.3 is 14.9 Å². The number of Topliss-reactive ketones (excluding diaryl/α,β-unsaturated/α-hetero) is 1. The van der Waals surface area contributed by atoms with Crippen molar-refractivity contribution in [2.45, 2.75) is 45.4 Å². The number of methoxy groups -OCH3 is 1. The number of aliphatic hydroxyl groups is 2. The largest absolute Gasteiger partial charge is 0.469 e. The zero-order valence-corrected chi connectivity index (χ0v) is 11.9. The lowest BCUT2D eigenvalue weighted by atomic mass is 9.88. The molecule has 0 unspecified atom stereocenters. The van der Waals surface area contributed by atoms with E-state index in [2.05, 4.69) is 11.7 Å². The maximum atomic E-state index is 11.6. The molecule has 0 heterocycles. The molecule has 0 aliphatic heterocycles. The van der Waals surface area contributed by atoms with Crippen LogP contribution in [0.1, 0.15) is 45.4 Å². The molecule has 0 aromatic heterocycles. The Labute approximate surface area is 115 Å². The molecule has 0 radical (unpaired) electrons. The van der Waals surface area contributed by atoms with Crippen molar-refractivity contribution in [1.82, 2.24) is 0 Å². The molecule has 1 aliphatic carbocycles. The second kappa shape index (κ2) is 10.9. The average molecular weight is 274 g/mol. The molecule has 1 rings (SSSR count). The first-order valence-electron chi connectivity index (χ1n) is 6.91. The molecule has 5 heteroatoms. The van der Waals surface area contributed by atoms with Crippen molar-refractivity contribution in [2.24, 2.45) is 11.8 Å². The van der Waals surface area contributed by atoms with Crippen molar-refractivity contribution in [1.29, 1.82) is 0 Å². The Morgan fingerprint density at radius 2 is 2.00 bits per heavy atom. The van der Waals surface area contributed by atoms with Crippen LogP contribution in [-0.2, 0) is 14.3 Å². The Balaban J connectivity index is 0.000000711. The molecule has 1 saturated carbocycles. The van der Waals surface area contributed by atoms with Gasteiger partial charge in [0.15, 0.2) is 0 Å². The van der Waals surface area contributed by atoms with Gasteiger partial charge in [-0.1, -0.05) is 19.8 Å². The highest BCUT2D eigenvalue weighted by Crippen LogP contribution is 2.34. The van der Waals surface area contributed by atoms with Crippen molar-refractivity contribution in [3.05, 3.63) is 0 Å². The smallest absolute Gasteiger partial charge is 0.305 e. The molecule has 112 valence electrons. The van der Waals surface area contributed by atoms with Gasteiger partial charge in [0.2, 0.25) is 0 Å². The highest BCUT2D eigenvalue weighted by molar-refractivity contribution is 5.84. The summed E-state index contributed by atoms with van der Waals surface area (Å²) in [6.07, 6.45) is 5.05. The maximum Gasteiger partial charge on any atom is 0.305 e. The van der Waals surface area contributed by atoms with Crippen LogP contribution in [0.5, 0.6) is 0 Å². The van der Waals surface area contributed by atoms with Gasteiger partial charge in [0, 0.05) is 18.8 Å². The Bertz CT molecular complexity index is 263. The summed E-state index contributed by atoms with van der Waals surface area (Å²) in [5.41, 5.74) is 0. The van der Waals surface area contributed by atoms with E-state index in [-0.39, 0.29) is 31.0 Å². The van der Waals surface area contributed by atoms with E-state index in [1.165, 1.54) is 7.11 Å². The fraction of sp³-hybridized carbons (Fsp3) is 0.857. The lowest BCUT2D eigenvalue weighted by Gasteiger charge is -2.16. The van der Waals surface area contributed by atoms with Gasteiger partial charge in [-0.3, -0.25) is 9.59 Å². The Kier molecular flexibility index (Phi) is 10.4. The number of ether oxygens (including phenoxy) is 1. The van der Waals surface area contributed by atoms with E-state index in [0.717, 1.165) is 25.7 Å². The summed E-state index contributed by atoms with van der Waals surface area (Å²) in [7, 11) is 1.40. The third kappa shape index (κ3) is 7.28. The zero-order valence-electron chi connectivity index (χ0n) is 11.9. The normalized spacial score (nSPS) is 21.8. The molecule has 2 atom stereocenters. The predicted octanol–water partition coefficient (Wildman–Crippen LogP) is 1.31. The molecule has 0 spiro atoms. The first-order chi connectivity index (χ1) is 9.10. The lowest BCUT2D eigenvalue weighted by Crippen LogP contribution is -2.18. The lowest BCUT2D eigenvalue weighted by molar-refractivity contribution is -0.142. The molecular weight excluding hydrogens is 248 g/mol. The summed E-state index contributed by atoms with van der Waals surface area (Å²) in [5.74, 6) is 0.508. The van der Waals surface area contributed by atoms with Crippen LogP contribution in [-0.4, -0.2) is 42.3 Å². The van der Waals surface area contributed by atoms with Crippen LogP contribution in [0.4, 0.5) is 0 Å². The summed E-state index contributed by atoms with van der Waals surface area (Å²) in [5, 5.41) is 15.2. The number of rotatable bonds is 6. The fourth-order valence-corrected chi connectivity index (χ4v) is 2.34. The number of ketones is 1. The molecule has 0 amide bonds. The van der Waals surface area contributed by atoms with Crippen molar-refractivity contribution >= 4 is 11.8 Å². The first kappa shape index (κ1) is 18.1. The molecule has 0 aromatic rings. The first-order valence-corrected chi connectivity index (χ1v) is 6.91. The summed E-state index contributed by atoms with van der Waals surface area (Å²) in [6.45, 7) is 1.87. The quantitative estimate of drug-likeness (QED) is 0.713. The standard InChI is InChI=1S/C12H20O3.C2H6O2/c1-3-4-5-10-9(6-7-11(10)13)8-12(14)15-2;3-1-2-4/h9-10H,3-8H2,1-2H3;3-4H,1-2H2/t9-,10+;/m0./s1. The Morgan fingerprint density at radius 1 is 1.37 bits per heavy atom. The van der Waals surface area contributed by atoms with E-state index in [4.69, 9.17) is 10.2 Å². The van der Waals surface area contributed by atoms with E-state index in [9.17, 15) is 9.59 Å². The predicted molar refractivity (Wildman–Crippen MR) is 71.6 cm³/mol. The van der Waals surface area contributed by atoms with E-state index >= 15 is 0 Å². The SMILES string of the molecule is CCCC[C@H]1C(=O)CC[C@H]1CC(=O)OC.OCCO. The molecule has 0 saturated heterocycles. The third-order valence-corrected chi connectivity index (χ3v) is 3.37. The van der Waals surface area contributed by atoms with E-state index in [1.54, 1.807) is 0 Å². The summed E-state index contributed by atoms with van der Waals surface area (Å²) in [4.78, 5) is 22.8. The van der Waals surface area contributed by atoms with Gasteiger partial charge in [-0.05, 0) is 18.8 Å². The topological polar surface area (TPSA) is 83.8 Å². The molecule has 1 fully saturated rings. The van der Waals surface area contributed by atoms with Crippen LogP contribution in [0.15, 0.2) is 0 Å². The van der Waals surface area contributed by atoms with Gasteiger partial charge in [0.25, 0.3) is 0 Å². The van der Waals surface area contributed by atoms with Crippen LogP contribution >= 0.6 is 0 Å². The van der Waals surface area contributed by atoms with Crippen molar-refractivity contribution in [2.75, 3.05) is 20.3 Å². The second-order valence-electron chi connectivity index (χ2n) is 4.74. The van der Waals surface area contributed by atoms with E-state index < -0.39 is 0 Å². The second-order valence-corrected chi connectivity index (χ2v) is 4.74. The third-order valence-electron chi connectivity index (χ3n) is 3.37. The number of carbonyl (C=O) groups excluding carboxylic acids is 2. The van der Waals surface area contributed by atoms with Gasteiger partial charge >= 0.3 is 5.97 Å². The van der Waals surface area contributed by atoms with Gasteiger partial charge in [0.05, 0.1) is 20.3 Å². The summed E-state index contributed by atoms with van der Waals surface area (Å²) >= 11 is 0. The van der Waals surface area contributed by atoms with Gasteiger partial charge in [-0.25, -0.2) is 0 Å². The summed E-state index contributed by atoms with van der Waals surface area (Å²) < 4.78 is 4.65. The number of aliphatic hydroxyl groups excluding tert-OH is 2. The van der Waals surface area contributed by atoms with Crippen LogP contribution in [0, 0.1) is 11.8 Å². The fourth-order valence-electron chi connectivity index (χ4n) is 2.34. The van der Waals surface area contributed by atoms with Crippen LogP contribution < -0.4 is 0 Å². The number of hydrogen-bond acceptors (Lipinski definition) is 5.